The molecule has 22 heavy (non-hydrogen) atoms. The molecule has 0 radical (unpaired) electrons. The maximum Gasteiger partial charge on any atom is 0.350 e. The molecule has 1 aliphatic rings. The fraction of sp³-hybridized carbons (Fsp3) is 0.583. The number of imidazole rings is 1. The largest absolute Gasteiger partial charge is 0.363 e. The van der Waals surface area contributed by atoms with Crippen molar-refractivity contribution in [2.24, 2.45) is 0 Å². The van der Waals surface area contributed by atoms with Gasteiger partial charge in [-0.05, 0) is 12.8 Å². The maximum atomic E-state index is 11.7. The van der Waals surface area contributed by atoms with Crippen molar-refractivity contribution in [3.05, 3.63) is 23.0 Å². The van der Waals surface area contributed by atoms with E-state index >= 15 is 0 Å². The Morgan fingerprint density at radius 3 is 2.91 bits per heavy atom. The van der Waals surface area contributed by atoms with E-state index in [1.54, 1.807) is 4.57 Å². The van der Waals surface area contributed by atoms with Gasteiger partial charge in [-0.3, -0.25) is 9.36 Å². The molecule has 1 saturated carbocycles. The number of hydrogen-bond donors (Lipinski definition) is 3. The zero-order valence-corrected chi connectivity index (χ0v) is 12.6. The molecule has 1 fully saturated rings. The minimum absolute atomic E-state index is 0.139. The maximum absolute atomic E-state index is 11.7. The molecule has 2 aromatic heterocycles. The molecule has 0 amide bonds. The second kappa shape index (κ2) is 5.92. The molecule has 0 aliphatic heterocycles. The molecule has 0 saturated heterocycles. The van der Waals surface area contributed by atoms with Crippen LogP contribution in [0.2, 0.25) is 0 Å². The van der Waals surface area contributed by atoms with Gasteiger partial charge in [0.1, 0.15) is 6.35 Å². The molecule has 2 heterocycles. The summed E-state index contributed by atoms with van der Waals surface area (Å²) in [5.74, 6) is 0. The molecule has 2 aromatic rings. The highest BCUT2D eigenvalue weighted by Crippen LogP contribution is 2.38. The van der Waals surface area contributed by atoms with Crippen LogP contribution >= 0.6 is 7.60 Å². The van der Waals surface area contributed by atoms with Gasteiger partial charge in [-0.1, -0.05) is 12.8 Å². The number of aromatic nitrogens is 4. The van der Waals surface area contributed by atoms with E-state index in [9.17, 15) is 9.36 Å². The second-order valence-corrected chi connectivity index (χ2v) is 6.99. The zero-order chi connectivity index (χ0) is 15.7. The number of aromatic amines is 1. The Balaban J connectivity index is 1.91. The van der Waals surface area contributed by atoms with Gasteiger partial charge in [0, 0.05) is 0 Å². The predicted molar refractivity (Wildman–Crippen MR) is 77.4 cm³/mol. The quantitative estimate of drug-likeness (QED) is 0.706. The van der Waals surface area contributed by atoms with Crippen LogP contribution in [0.1, 0.15) is 31.7 Å². The molecule has 1 aliphatic carbocycles. The van der Waals surface area contributed by atoms with Crippen LogP contribution in [-0.4, -0.2) is 41.8 Å². The van der Waals surface area contributed by atoms with Crippen LogP contribution in [0.25, 0.3) is 11.2 Å². The molecule has 10 heteroatoms. The lowest BCUT2D eigenvalue weighted by Crippen LogP contribution is -2.30. The summed E-state index contributed by atoms with van der Waals surface area (Å²) >= 11 is 0. The number of rotatable bonds is 4. The lowest BCUT2D eigenvalue weighted by Gasteiger charge is -2.32. The Kier molecular flexibility index (Phi) is 4.14. The summed E-state index contributed by atoms with van der Waals surface area (Å²) in [4.78, 5) is 40.4. The summed E-state index contributed by atoms with van der Waals surface area (Å²) in [7, 11) is -4.21. The average molecular weight is 328 g/mol. The molecule has 2 atom stereocenters. The highest BCUT2D eigenvalue weighted by molar-refractivity contribution is 7.51. The fourth-order valence-corrected chi connectivity index (χ4v) is 3.27. The Hall–Kier alpha value is -1.54. The SMILES string of the molecule is O=c1[nH]cnc2c1ncn2[C@@H]1CCCC[C@H]1OCP(=O)(O)O. The van der Waals surface area contributed by atoms with Gasteiger partial charge in [-0.25, -0.2) is 9.97 Å². The molecule has 0 bridgehead atoms. The summed E-state index contributed by atoms with van der Waals surface area (Å²) < 4.78 is 18.2. The minimum atomic E-state index is -4.21. The molecule has 3 N–H and O–H groups in total. The van der Waals surface area contributed by atoms with Crippen molar-refractivity contribution in [2.45, 2.75) is 37.8 Å². The first-order valence-electron chi connectivity index (χ1n) is 7.02. The monoisotopic (exact) mass is 328 g/mol. The third-order valence-electron chi connectivity index (χ3n) is 3.85. The number of H-pyrrole nitrogens is 1. The summed E-state index contributed by atoms with van der Waals surface area (Å²) in [6.45, 7) is 0. The minimum Gasteiger partial charge on any atom is -0.363 e. The van der Waals surface area contributed by atoms with Crippen molar-refractivity contribution < 1.29 is 19.1 Å². The standard InChI is InChI=1S/C12H17N4O5P/c17-12-10-11(13-5-14-12)16(6-15-10)8-3-1-2-4-9(8)21-7-22(18,19)20/h5-6,8-9H,1-4,7H2,(H,13,14,17)(H2,18,19,20)/t8-,9-/m1/s1. The highest BCUT2D eigenvalue weighted by atomic mass is 31.2. The van der Waals surface area contributed by atoms with E-state index in [1.807, 2.05) is 0 Å². The van der Waals surface area contributed by atoms with Crippen LogP contribution in [0.3, 0.4) is 0 Å². The Morgan fingerprint density at radius 2 is 2.14 bits per heavy atom. The van der Waals surface area contributed by atoms with E-state index in [1.165, 1.54) is 12.7 Å². The van der Waals surface area contributed by atoms with E-state index in [4.69, 9.17) is 14.5 Å². The smallest absolute Gasteiger partial charge is 0.350 e. The van der Waals surface area contributed by atoms with Gasteiger partial charge >= 0.3 is 7.60 Å². The van der Waals surface area contributed by atoms with Crippen molar-refractivity contribution in [1.29, 1.82) is 0 Å². The molecular formula is C12H17N4O5P. The van der Waals surface area contributed by atoms with E-state index in [-0.39, 0.29) is 23.2 Å². The first-order chi connectivity index (χ1) is 10.5. The summed E-state index contributed by atoms with van der Waals surface area (Å²) in [6, 6.07) is -0.139. The van der Waals surface area contributed by atoms with Gasteiger partial charge in [0.15, 0.2) is 11.2 Å². The number of fused-ring (bicyclic) bond motifs is 1. The van der Waals surface area contributed by atoms with Crippen molar-refractivity contribution in [3.63, 3.8) is 0 Å². The molecule has 9 nitrogen and oxygen atoms in total. The van der Waals surface area contributed by atoms with Gasteiger partial charge in [-0.15, -0.1) is 0 Å². The van der Waals surface area contributed by atoms with Crippen LogP contribution < -0.4 is 5.56 Å². The summed E-state index contributed by atoms with van der Waals surface area (Å²) in [5.41, 5.74) is 0.398. The molecule has 120 valence electrons. The number of nitrogens with one attached hydrogen (secondary N) is 1. The second-order valence-electron chi connectivity index (χ2n) is 5.41. The van der Waals surface area contributed by atoms with Crippen molar-refractivity contribution in [1.82, 2.24) is 19.5 Å². The van der Waals surface area contributed by atoms with Crippen LogP contribution in [0.15, 0.2) is 17.4 Å². The van der Waals surface area contributed by atoms with Crippen LogP contribution in [0, 0.1) is 0 Å². The first-order valence-corrected chi connectivity index (χ1v) is 8.82. The van der Waals surface area contributed by atoms with Crippen LogP contribution in [0.4, 0.5) is 0 Å². The lowest BCUT2D eigenvalue weighted by atomic mass is 9.92. The van der Waals surface area contributed by atoms with E-state index < -0.39 is 13.9 Å². The van der Waals surface area contributed by atoms with Gasteiger partial charge in [0.25, 0.3) is 5.56 Å². The van der Waals surface area contributed by atoms with E-state index in [0.29, 0.717) is 12.1 Å². The van der Waals surface area contributed by atoms with E-state index in [0.717, 1.165) is 19.3 Å². The van der Waals surface area contributed by atoms with Crippen LogP contribution in [0.5, 0.6) is 0 Å². The van der Waals surface area contributed by atoms with Crippen molar-refractivity contribution in [2.75, 3.05) is 6.35 Å². The van der Waals surface area contributed by atoms with Crippen molar-refractivity contribution >= 4 is 18.8 Å². The zero-order valence-electron chi connectivity index (χ0n) is 11.8. The number of hydrogen-bond acceptors (Lipinski definition) is 5. The molecule has 0 unspecified atom stereocenters. The summed E-state index contributed by atoms with van der Waals surface area (Å²) in [5, 5.41) is 0. The van der Waals surface area contributed by atoms with Crippen LogP contribution in [-0.2, 0) is 9.30 Å². The first kappa shape index (κ1) is 15.4. The van der Waals surface area contributed by atoms with Gasteiger partial charge in [0.2, 0.25) is 0 Å². The number of ether oxygens (including phenoxy) is 1. The molecule has 3 rings (SSSR count). The molecule has 0 aromatic carbocycles. The normalized spacial score (nSPS) is 23.0. The predicted octanol–water partition coefficient (Wildman–Crippen LogP) is 0.755. The number of nitrogens with zero attached hydrogens (tertiary/aromatic N) is 3. The molecular weight excluding hydrogens is 311 g/mol. The highest BCUT2D eigenvalue weighted by Gasteiger charge is 2.30. The Bertz CT molecular complexity index is 766. The third kappa shape index (κ3) is 3.12. The van der Waals surface area contributed by atoms with Gasteiger partial charge < -0.3 is 24.1 Å². The van der Waals surface area contributed by atoms with E-state index in [2.05, 4.69) is 15.0 Å². The topological polar surface area (TPSA) is 130 Å². The van der Waals surface area contributed by atoms with Gasteiger partial charge in [0.05, 0.1) is 24.8 Å². The third-order valence-corrected chi connectivity index (χ3v) is 4.33. The summed E-state index contributed by atoms with van der Waals surface area (Å²) in [6.07, 6.45) is 5.31. The lowest BCUT2D eigenvalue weighted by molar-refractivity contribution is 0.0120. The fourth-order valence-electron chi connectivity index (χ4n) is 2.89. The Morgan fingerprint density at radius 1 is 1.36 bits per heavy atom. The average Bonchev–Trinajstić information content (AvgIpc) is 2.90. The Labute approximate surface area is 125 Å². The van der Waals surface area contributed by atoms with Crippen molar-refractivity contribution in [3.8, 4) is 0 Å². The molecule has 0 spiro atoms. The van der Waals surface area contributed by atoms with Gasteiger partial charge in [-0.2, -0.15) is 0 Å².